The molecule has 7 nitrogen and oxygen atoms in total. The highest BCUT2D eigenvalue weighted by Crippen LogP contribution is 2.30. The van der Waals surface area contributed by atoms with Crippen LogP contribution in [0.5, 0.6) is 17.2 Å². The molecule has 1 aliphatic heterocycles. The van der Waals surface area contributed by atoms with Crippen LogP contribution in [-0.4, -0.2) is 31.1 Å². The summed E-state index contributed by atoms with van der Waals surface area (Å²) in [5.41, 5.74) is 6.71. The first kappa shape index (κ1) is 17.6. The largest absolute Gasteiger partial charge is 0.485 e. The number of benzene rings is 2. The van der Waals surface area contributed by atoms with E-state index in [1.54, 1.807) is 18.2 Å². The number of hydrogen-bond donors (Lipinski definition) is 2. The monoisotopic (exact) mass is 356 g/mol. The number of nitrogens with one attached hydrogen (secondary N) is 2. The molecule has 3 rings (SSSR count). The summed E-state index contributed by atoms with van der Waals surface area (Å²) in [6, 6.07) is 12.8. The zero-order valence-corrected chi connectivity index (χ0v) is 14.6. The van der Waals surface area contributed by atoms with E-state index in [1.165, 1.54) is 0 Å². The fraction of sp³-hybridized carbons (Fsp3) is 0.263. The number of para-hydroxylation sites is 2. The molecule has 136 valence electrons. The molecule has 0 saturated heterocycles. The summed E-state index contributed by atoms with van der Waals surface area (Å²) in [5, 5.41) is 0. The summed E-state index contributed by atoms with van der Waals surface area (Å²) >= 11 is 0. The van der Waals surface area contributed by atoms with Gasteiger partial charge in [-0.25, -0.2) is 0 Å². The maximum atomic E-state index is 12.1. The minimum atomic E-state index is -0.842. The molecule has 2 amide bonds. The summed E-state index contributed by atoms with van der Waals surface area (Å²) in [7, 11) is 0. The maximum Gasteiger partial charge on any atom is 0.283 e. The smallest absolute Gasteiger partial charge is 0.283 e. The van der Waals surface area contributed by atoms with E-state index in [1.807, 2.05) is 38.1 Å². The number of aryl methyl sites for hydroxylation is 2. The molecule has 0 radical (unpaired) electrons. The maximum absolute atomic E-state index is 12.1. The van der Waals surface area contributed by atoms with Crippen LogP contribution in [0.15, 0.2) is 42.5 Å². The zero-order valence-electron chi connectivity index (χ0n) is 14.6. The molecule has 1 heterocycles. The van der Waals surface area contributed by atoms with Crippen molar-refractivity contribution in [3.63, 3.8) is 0 Å². The lowest BCUT2D eigenvalue weighted by molar-refractivity contribution is -0.135. The Morgan fingerprint density at radius 2 is 1.77 bits per heavy atom. The molecule has 0 aromatic heterocycles. The van der Waals surface area contributed by atoms with Gasteiger partial charge in [0.1, 0.15) is 12.4 Å². The highest BCUT2D eigenvalue weighted by atomic mass is 16.6. The lowest BCUT2D eigenvalue weighted by Gasteiger charge is -2.25. The molecule has 0 fully saturated rings. The first-order valence-corrected chi connectivity index (χ1v) is 8.19. The summed E-state index contributed by atoms with van der Waals surface area (Å²) in [5.74, 6) is 0.698. The number of fused-ring (bicyclic) bond motifs is 1. The Hall–Kier alpha value is -3.22. The fourth-order valence-electron chi connectivity index (χ4n) is 2.56. The van der Waals surface area contributed by atoms with Crippen molar-refractivity contribution >= 4 is 11.8 Å². The molecule has 0 unspecified atom stereocenters. The van der Waals surface area contributed by atoms with Crippen LogP contribution >= 0.6 is 0 Å². The predicted octanol–water partition coefficient (Wildman–Crippen LogP) is 1.67. The molecular weight excluding hydrogens is 336 g/mol. The van der Waals surface area contributed by atoms with Crippen LogP contribution in [0.4, 0.5) is 0 Å². The number of hydrogen-bond acceptors (Lipinski definition) is 5. The van der Waals surface area contributed by atoms with Crippen LogP contribution in [0.3, 0.4) is 0 Å². The Morgan fingerprint density at radius 3 is 2.50 bits per heavy atom. The molecule has 0 bridgehead atoms. The number of carbonyl (C=O) groups is 2. The quantitative estimate of drug-likeness (QED) is 0.814. The molecule has 2 N–H and O–H groups in total. The van der Waals surface area contributed by atoms with Gasteiger partial charge in [0, 0.05) is 0 Å². The third kappa shape index (κ3) is 4.44. The average Bonchev–Trinajstić information content (AvgIpc) is 2.63. The predicted molar refractivity (Wildman–Crippen MR) is 94.0 cm³/mol. The second-order valence-corrected chi connectivity index (χ2v) is 6.01. The van der Waals surface area contributed by atoms with Crippen LogP contribution in [0, 0.1) is 13.8 Å². The van der Waals surface area contributed by atoms with Gasteiger partial charge in [-0.1, -0.05) is 18.2 Å². The van der Waals surface area contributed by atoms with Gasteiger partial charge in [-0.2, -0.15) is 0 Å². The molecule has 0 spiro atoms. The van der Waals surface area contributed by atoms with E-state index >= 15 is 0 Å². The van der Waals surface area contributed by atoms with Crippen LogP contribution < -0.4 is 25.1 Å². The molecule has 26 heavy (non-hydrogen) atoms. The molecule has 0 saturated carbocycles. The van der Waals surface area contributed by atoms with Gasteiger partial charge >= 0.3 is 0 Å². The van der Waals surface area contributed by atoms with E-state index in [4.69, 9.17) is 14.2 Å². The van der Waals surface area contributed by atoms with E-state index in [9.17, 15) is 9.59 Å². The Balaban J connectivity index is 1.45. The summed E-state index contributed by atoms with van der Waals surface area (Å²) in [6.07, 6.45) is -0.842. The normalized spacial score (nSPS) is 15.1. The van der Waals surface area contributed by atoms with Gasteiger partial charge < -0.3 is 14.2 Å². The second kappa shape index (κ2) is 7.77. The van der Waals surface area contributed by atoms with Crippen LogP contribution in [-0.2, 0) is 9.59 Å². The van der Waals surface area contributed by atoms with Crippen LogP contribution in [0.1, 0.15) is 11.1 Å². The molecular formula is C19H20N2O5. The van der Waals surface area contributed by atoms with Gasteiger partial charge in [-0.3, -0.25) is 20.4 Å². The van der Waals surface area contributed by atoms with Crippen molar-refractivity contribution in [3.8, 4) is 17.2 Å². The third-order valence-electron chi connectivity index (χ3n) is 3.69. The minimum absolute atomic E-state index is 0.0672. The number of amides is 2. The van der Waals surface area contributed by atoms with Gasteiger partial charge in [-0.15, -0.1) is 0 Å². The zero-order chi connectivity index (χ0) is 18.5. The molecule has 7 heteroatoms. The Labute approximate surface area is 151 Å². The van der Waals surface area contributed by atoms with Crippen molar-refractivity contribution < 1.29 is 23.8 Å². The molecule has 1 atom stereocenters. The van der Waals surface area contributed by atoms with Crippen LogP contribution in [0.25, 0.3) is 0 Å². The van der Waals surface area contributed by atoms with Gasteiger partial charge in [0.25, 0.3) is 11.8 Å². The van der Waals surface area contributed by atoms with Gasteiger partial charge in [-0.05, 0) is 49.2 Å². The lowest BCUT2D eigenvalue weighted by atomic mass is 10.1. The third-order valence-corrected chi connectivity index (χ3v) is 3.69. The SMILES string of the molecule is Cc1cc(C)cc(OCC(=O)NNC(=O)[C@H]2COc3ccccc3O2)c1. The van der Waals surface area contributed by atoms with Crippen LogP contribution in [0.2, 0.25) is 0 Å². The van der Waals surface area contributed by atoms with Crippen molar-refractivity contribution in [3.05, 3.63) is 53.6 Å². The average molecular weight is 356 g/mol. The highest BCUT2D eigenvalue weighted by Gasteiger charge is 2.27. The molecule has 2 aromatic carbocycles. The first-order chi connectivity index (χ1) is 12.5. The lowest BCUT2D eigenvalue weighted by Crippen LogP contribution is -2.51. The van der Waals surface area contributed by atoms with Crippen molar-refractivity contribution in [2.45, 2.75) is 20.0 Å². The standard InChI is InChI=1S/C19H20N2O5/c1-12-7-13(2)9-14(8-12)24-11-18(22)20-21-19(23)17-10-25-15-5-3-4-6-16(15)26-17/h3-9,17H,10-11H2,1-2H3,(H,20,22)(H,21,23)/t17-/m1/s1. The second-order valence-electron chi connectivity index (χ2n) is 6.01. The first-order valence-electron chi connectivity index (χ1n) is 8.19. The van der Waals surface area contributed by atoms with Gasteiger partial charge in [0.05, 0.1) is 0 Å². The van der Waals surface area contributed by atoms with Gasteiger partial charge in [0.2, 0.25) is 6.10 Å². The summed E-state index contributed by atoms with van der Waals surface area (Å²) in [6.45, 7) is 3.75. The number of rotatable bonds is 4. The molecule has 0 aliphatic carbocycles. The van der Waals surface area contributed by atoms with E-state index in [2.05, 4.69) is 10.9 Å². The Bertz CT molecular complexity index is 801. The Kier molecular flexibility index (Phi) is 5.26. The highest BCUT2D eigenvalue weighted by molar-refractivity contribution is 5.85. The Morgan fingerprint density at radius 1 is 1.08 bits per heavy atom. The van der Waals surface area contributed by atoms with Gasteiger partial charge in [0.15, 0.2) is 18.1 Å². The van der Waals surface area contributed by atoms with Crippen molar-refractivity contribution in [1.29, 1.82) is 0 Å². The number of hydrazine groups is 1. The summed E-state index contributed by atoms with van der Waals surface area (Å²) < 4.78 is 16.5. The van der Waals surface area contributed by atoms with Crippen molar-refractivity contribution in [2.24, 2.45) is 0 Å². The summed E-state index contributed by atoms with van der Waals surface area (Å²) in [4.78, 5) is 24.0. The number of carbonyl (C=O) groups excluding carboxylic acids is 2. The topological polar surface area (TPSA) is 85.9 Å². The van der Waals surface area contributed by atoms with E-state index in [-0.39, 0.29) is 13.2 Å². The van der Waals surface area contributed by atoms with Crippen molar-refractivity contribution in [1.82, 2.24) is 10.9 Å². The molecule has 2 aromatic rings. The number of ether oxygens (including phenoxy) is 3. The van der Waals surface area contributed by atoms with E-state index < -0.39 is 17.9 Å². The van der Waals surface area contributed by atoms with Crippen molar-refractivity contribution in [2.75, 3.05) is 13.2 Å². The van der Waals surface area contributed by atoms with E-state index in [0.717, 1.165) is 11.1 Å². The molecule has 1 aliphatic rings. The minimum Gasteiger partial charge on any atom is -0.485 e. The fourth-order valence-corrected chi connectivity index (χ4v) is 2.56. The van der Waals surface area contributed by atoms with E-state index in [0.29, 0.717) is 17.2 Å².